The standard InChI is InChI=1S/C11H11N3O4S2/c1-7-12-4-2-8(14-7)6-13-20(17,18)9-3-5-19-10(9)11(15)16/h2-5,13H,6H2,1H3,(H,15,16). The quantitative estimate of drug-likeness (QED) is 0.853. The lowest BCUT2D eigenvalue weighted by molar-refractivity contribution is 0.0698. The Balaban J connectivity index is 2.19. The molecule has 106 valence electrons. The fourth-order valence-electron chi connectivity index (χ4n) is 1.52. The zero-order valence-electron chi connectivity index (χ0n) is 10.4. The van der Waals surface area contributed by atoms with E-state index in [1.54, 1.807) is 13.0 Å². The van der Waals surface area contributed by atoms with E-state index in [-0.39, 0.29) is 16.3 Å². The monoisotopic (exact) mass is 313 g/mol. The first kappa shape index (κ1) is 14.6. The molecule has 0 unspecified atom stereocenters. The SMILES string of the molecule is Cc1nccc(CNS(=O)(=O)c2ccsc2C(=O)O)n1. The van der Waals surface area contributed by atoms with Crippen molar-refractivity contribution in [3.63, 3.8) is 0 Å². The van der Waals surface area contributed by atoms with Crippen molar-refractivity contribution in [3.8, 4) is 0 Å². The molecule has 7 nitrogen and oxygen atoms in total. The predicted molar refractivity (Wildman–Crippen MR) is 72.1 cm³/mol. The van der Waals surface area contributed by atoms with E-state index in [1.807, 2.05) is 0 Å². The second kappa shape index (κ2) is 5.65. The van der Waals surface area contributed by atoms with Gasteiger partial charge in [0.25, 0.3) is 0 Å². The number of carboxylic acids is 1. The summed E-state index contributed by atoms with van der Waals surface area (Å²) in [6.45, 7) is 1.67. The average Bonchev–Trinajstić information content (AvgIpc) is 2.87. The minimum Gasteiger partial charge on any atom is -0.477 e. The Bertz CT molecular complexity index is 740. The Morgan fingerprint density at radius 1 is 1.45 bits per heavy atom. The van der Waals surface area contributed by atoms with Crippen molar-refractivity contribution in [1.29, 1.82) is 0 Å². The van der Waals surface area contributed by atoms with E-state index in [9.17, 15) is 13.2 Å². The van der Waals surface area contributed by atoms with E-state index in [1.165, 1.54) is 17.6 Å². The molecular formula is C11H11N3O4S2. The molecule has 2 heterocycles. The summed E-state index contributed by atoms with van der Waals surface area (Å²) in [4.78, 5) is 18.5. The normalized spacial score (nSPS) is 11.4. The number of hydrogen-bond donors (Lipinski definition) is 2. The van der Waals surface area contributed by atoms with Crippen LogP contribution in [0.15, 0.2) is 28.6 Å². The number of carbonyl (C=O) groups is 1. The van der Waals surface area contributed by atoms with E-state index < -0.39 is 16.0 Å². The molecule has 0 fully saturated rings. The molecule has 0 atom stereocenters. The van der Waals surface area contributed by atoms with Crippen LogP contribution in [0.3, 0.4) is 0 Å². The zero-order valence-corrected chi connectivity index (χ0v) is 12.0. The van der Waals surface area contributed by atoms with Crippen molar-refractivity contribution in [1.82, 2.24) is 14.7 Å². The second-order valence-corrected chi connectivity index (χ2v) is 6.49. The van der Waals surface area contributed by atoms with E-state index in [4.69, 9.17) is 5.11 Å². The summed E-state index contributed by atoms with van der Waals surface area (Å²) in [5, 5.41) is 10.4. The molecule has 0 aliphatic rings. The second-order valence-electron chi connectivity index (χ2n) is 3.84. The van der Waals surface area contributed by atoms with Gasteiger partial charge in [-0.25, -0.2) is 27.9 Å². The Kier molecular flexibility index (Phi) is 4.12. The zero-order chi connectivity index (χ0) is 14.8. The molecular weight excluding hydrogens is 302 g/mol. The number of aryl methyl sites for hydroxylation is 1. The highest BCUT2D eigenvalue weighted by molar-refractivity contribution is 7.89. The molecule has 2 rings (SSSR count). The van der Waals surface area contributed by atoms with Gasteiger partial charge >= 0.3 is 5.97 Å². The van der Waals surface area contributed by atoms with Crippen LogP contribution in [-0.2, 0) is 16.6 Å². The lowest BCUT2D eigenvalue weighted by Gasteiger charge is -2.06. The predicted octanol–water partition coefficient (Wildman–Crippen LogP) is 1.02. The van der Waals surface area contributed by atoms with E-state index >= 15 is 0 Å². The highest BCUT2D eigenvalue weighted by Crippen LogP contribution is 2.21. The number of aromatic nitrogens is 2. The first-order valence-electron chi connectivity index (χ1n) is 5.49. The molecule has 9 heteroatoms. The summed E-state index contributed by atoms with van der Waals surface area (Å²) in [6.07, 6.45) is 1.53. The summed E-state index contributed by atoms with van der Waals surface area (Å²) in [5.74, 6) is -0.735. The Morgan fingerprint density at radius 2 is 2.20 bits per heavy atom. The summed E-state index contributed by atoms with van der Waals surface area (Å²) < 4.78 is 26.5. The van der Waals surface area contributed by atoms with E-state index in [2.05, 4.69) is 14.7 Å². The van der Waals surface area contributed by atoms with Crippen molar-refractivity contribution < 1.29 is 18.3 Å². The molecule has 0 spiro atoms. The van der Waals surface area contributed by atoms with Crippen LogP contribution in [0.4, 0.5) is 0 Å². The van der Waals surface area contributed by atoms with Gasteiger partial charge in [-0.1, -0.05) is 0 Å². The Hall–Kier alpha value is -1.84. The van der Waals surface area contributed by atoms with Gasteiger partial charge in [0, 0.05) is 6.20 Å². The number of thiophene rings is 1. The van der Waals surface area contributed by atoms with Crippen LogP contribution in [0.2, 0.25) is 0 Å². The number of nitrogens with zero attached hydrogens (tertiary/aromatic N) is 2. The third kappa shape index (κ3) is 3.18. The average molecular weight is 313 g/mol. The topological polar surface area (TPSA) is 109 Å². The molecule has 20 heavy (non-hydrogen) atoms. The molecule has 2 aromatic heterocycles. The third-order valence-corrected chi connectivity index (χ3v) is 4.87. The van der Waals surface area contributed by atoms with Crippen LogP contribution in [-0.4, -0.2) is 29.5 Å². The summed E-state index contributed by atoms with van der Waals surface area (Å²) in [5.41, 5.74) is 0.508. The molecule has 0 aliphatic carbocycles. The lowest BCUT2D eigenvalue weighted by Crippen LogP contribution is -2.24. The first-order chi connectivity index (χ1) is 9.40. The van der Waals surface area contributed by atoms with Crippen molar-refractivity contribution in [2.24, 2.45) is 0 Å². The maximum Gasteiger partial charge on any atom is 0.347 e. The molecule has 0 saturated carbocycles. The fraction of sp³-hybridized carbons (Fsp3) is 0.182. The van der Waals surface area contributed by atoms with Gasteiger partial charge in [-0.15, -0.1) is 11.3 Å². The third-order valence-electron chi connectivity index (χ3n) is 2.39. The van der Waals surface area contributed by atoms with Crippen molar-refractivity contribution in [2.75, 3.05) is 0 Å². The van der Waals surface area contributed by atoms with Gasteiger partial charge in [0.1, 0.15) is 15.6 Å². The van der Waals surface area contributed by atoms with E-state index in [0.29, 0.717) is 11.5 Å². The molecule has 0 amide bonds. The van der Waals surface area contributed by atoms with Crippen LogP contribution in [0.5, 0.6) is 0 Å². The van der Waals surface area contributed by atoms with Gasteiger partial charge in [-0.2, -0.15) is 0 Å². The van der Waals surface area contributed by atoms with Crippen LogP contribution in [0, 0.1) is 6.92 Å². The van der Waals surface area contributed by atoms with Crippen molar-refractivity contribution >= 4 is 27.3 Å². The number of hydrogen-bond acceptors (Lipinski definition) is 6. The highest BCUT2D eigenvalue weighted by atomic mass is 32.2. The Labute approximate surface area is 119 Å². The molecule has 2 N–H and O–H groups in total. The van der Waals surface area contributed by atoms with Crippen LogP contribution < -0.4 is 4.72 Å². The van der Waals surface area contributed by atoms with Crippen LogP contribution in [0.25, 0.3) is 0 Å². The van der Waals surface area contributed by atoms with Crippen molar-refractivity contribution in [2.45, 2.75) is 18.4 Å². The molecule has 0 radical (unpaired) electrons. The van der Waals surface area contributed by atoms with Crippen LogP contribution in [0.1, 0.15) is 21.2 Å². The van der Waals surface area contributed by atoms with Gasteiger partial charge in [0.15, 0.2) is 0 Å². The number of nitrogens with one attached hydrogen (secondary N) is 1. The van der Waals surface area contributed by atoms with Gasteiger partial charge < -0.3 is 5.11 Å². The van der Waals surface area contributed by atoms with Gasteiger partial charge in [0.05, 0.1) is 12.2 Å². The molecule has 2 aromatic rings. The highest BCUT2D eigenvalue weighted by Gasteiger charge is 2.23. The van der Waals surface area contributed by atoms with Gasteiger partial charge in [-0.05, 0) is 24.4 Å². The van der Waals surface area contributed by atoms with E-state index in [0.717, 1.165) is 11.3 Å². The molecule has 0 saturated heterocycles. The number of carboxylic acid groups (broad SMARTS) is 1. The summed E-state index contributed by atoms with van der Waals surface area (Å²) >= 11 is 0.864. The molecule has 0 aliphatic heterocycles. The fourth-order valence-corrected chi connectivity index (χ4v) is 3.77. The number of sulfonamides is 1. The minimum atomic E-state index is -3.88. The smallest absolute Gasteiger partial charge is 0.347 e. The molecule has 0 bridgehead atoms. The maximum atomic E-state index is 12.1. The maximum absolute atomic E-state index is 12.1. The van der Waals surface area contributed by atoms with Gasteiger partial charge in [-0.3, -0.25) is 0 Å². The first-order valence-corrected chi connectivity index (χ1v) is 7.85. The number of aromatic carboxylic acids is 1. The summed E-state index contributed by atoms with van der Waals surface area (Å²) in [6, 6.07) is 2.85. The number of rotatable bonds is 5. The Morgan fingerprint density at radius 3 is 2.85 bits per heavy atom. The largest absolute Gasteiger partial charge is 0.477 e. The van der Waals surface area contributed by atoms with Gasteiger partial charge in [0.2, 0.25) is 10.0 Å². The lowest BCUT2D eigenvalue weighted by atomic mass is 10.4. The minimum absolute atomic E-state index is 0.0272. The molecule has 0 aromatic carbocycles. The van der Waals surface area contributed by atoms with Crippen molar-refractivity contribution in [3.05, 3.63) is 40.1 Å². The van der Waals surface area contributed by atoms with Crippen LogP contribution >= 0.6 is 11.3 Å². The summed E-state index contributed by atoms with van der Waals surface area (Å²) in [7, 11) is -3.88.